The van der Waals surface area contributed by atoms with Gasteiger partial charge in [0.25, 0.3) is 8.48 Å². The largest absolute Gasteiger partial charge is 0.450 e. The second-order valence-electron chi connectivity index (χ2n) is 1.59. The lowest BCUT2D eigenvalue weighted by molar-refractivity contribution is 0.619. The molecule has 0 saturated heterocycles. The van der Waals surface area contributed by atoms with Gasteiger partial charge in [0.1, 0.15) is 10.5 Å². The molecule has 0 rings (SSSR count). The third-order valence-corrected chi connectivity index (χ3v) is 5.17. The first kappa shape index (κ1) is 7.09. The number of hydrogen-bond donors (Lipinski definition) is 1. The minimum atomic E-state index is -1.83. The van der Waals surface area contributed by atoms with Gasteiger partial charge in [0.2, 0.25) is 0 Å². The Balaban J connectivity index is 3.58. The van der Waals surface area contributed by atoms with Crippen LogP contribution in [0, 0.1) is 0 Å². The Morgan fingerprint density at radius 2 is 2.43 bits per heavy atom. The predicted molar refractivity (Wildman–Crippen MR) is 37.0 cm³/mol. The van der Waals surface area contributed by atoms with E-state index in [1.807, 2.05) is 6.55 Å². The van der Waals surface area contributed by atoms with Crippen molar-refractivity contribution < 1.29 is 4.12 Å². The van der Waals surface area contributed by atoms with Crippen molar-refractivity contribution in [2.75, 3.05) is 0 Å². The molecule has 0 saturated carbocycles. The Bertz CT molecular complexity index is 73.3. The van der Waals surface area contributed by atoms with Gasteiger partial charge in [-0.3, -0.25) is 0 Å². The molecule has 0 bridgehead atoms. The van der Waals surface area contributed by atoms with Crippen LogP contribution in [0.4, 0.5) is 0 Å². The normalized spacial score (nSPS) is 18.6. The van der Waals surface area contributed by atoms with Gasteiger partial charge in [-0.2, -0.15) is 0 Å². The maximum Gasteiger partial charge on any atom is 0.277 e. The van der Waals surface area contributed by atoms with Gasteiger partial charge < -0.3 is 9.51 Å². The van der Waals surface area contributed by atoms with Crippen LogP contribution in [0.5, 0.6) is 0 Å². The van der Waals surface area contributed by atoms with Crippen molar-refractivity contribution in [3.8, 4) is 0 Å². The Labute approximate surface area is 48.1 Å². The van der Waals surface area contributed by atoms with Gasteiger partial charge in [0, 0.05) is 0 Å². The fourth-order valence-corrected chi connectivity index (χ4v) is 0.750. The summed E-state index contributed by atoms with van der Waals surface area (Å²) in [5.41, 5.74) is 1.72. The van der Waals surface area contributed by atoms with Crippen LogP contribution >= 0.6 is 0 Å². The van der Waals surface area contributed by atoms with Crippen molar-refractivity contribution in [1.82, 2.24) is 0 Å². The van der Waals surface area contributed by atoms with Crippen molar-refractivity contribution in [3.63, 3.8) is 0 Å². The molecule has 1 unspecified atom stereocenters. The number of hydrogen-bond acceptors (Lipinski definition) is 2. The van der Waals surface area contributed by atoms with Gasteiger partial charge in [0.05, 0.1) is 0 Å². The first-order chi connectivity index (χ1) is 3.12. The molecule has 0 aliphatic carbocycles. The second kappa shape index (κ2) is 2.41. The molecule has 0 amide bonds. The first-order valence-electron chi connectivity index (χ1n) is 2.10. The van der Waals surface area contributed by atoms with E-state index < -0.39 is 8.48 Å². The van der Waals surface area contributed by atoms with E-state index in [1.165, 1.54) is 0 Å². The summed E-state index contributed by atoms with van der Waals surface area (Å²) in [5.74, 6) is 0. The fourth-order valence-electron chi connectivity index (χ4n) is 0.0833. The van der Waals surface area contributed by atoms with Gasteiger partial charge in [-0.05, 0) is 6.55 Å². The van der Waals surface area contributed by atoms with Crippen LogP contribution in [0.25, 0.3) is 0 Å². The number of rotatable bonds is 2. The molecule has 0 heterocycles. The molecule has 0 aromatic heterocycles. The van der Waals surface area contributed by atoms with Crippen LogP contribution in [-0.2, 0) is 4.12 Å². The standard InChI is InChI=1S/C3H11NOSi2/c1-3-7(2,4)5-6/h3H,1,4H2,2,6H3. The van der Waals surface area contributed by atoms with Gasteiger partial charge in [-0.15, -0.1) is 6.58 Å². The third-order valence-electron chi connectivity index (χ3n) is 0.845. The van der Waals surface area contributed by atoms with Crippen molar-refractivity contribution in [2.24, 2.45) is 5.40 Å². The smallest absolute Gasteiger partial charge is 0.277 e. The van der Waals surface area contributed by atoms with Crippen LogP contribution in [0.2, 0.25) is 6.55 Å². The summed E-state index contributed by atoms with van der Waals surface area (Å²) in [6.07, 6.45) is 0. The zero-order valence-corrected chi connectivity index (χ0v) is 7.77. The van der Waals surface area contributed by atoms with E-state index in [0.717, 1.165) is 10.5 Å². The average Bonchev–Trinajstić information content (AvgIpc) is 1.68. The Morgan fingerprint density at radius 3 is 2.43 bits per heavy atom. The van der Waals surface area contributed by atoms with Gasteiger partial charge in [0.15, 0.2) is 0 Å². The van der Waals surface area contributed by atoms with E-state index in [0.29, 0.717) is 0 Å². The summed E-state index contributed by atoms with van der Waals surface area (Å²) < 4.78 is 5.02. The third kappa shape index (κ3) is 2.75. The van der Waals surface area contributed by atoms with Crippen LogP contribution < -0.4 is 5.40 Å². The molecule has 2 nitrogen and oxygen atoms in total. The maximum absolute atomic E-state index is 5.55. The molecular weight excluding hydrogens is 122 g/mol. The van der Waals surface area contributed by atoms with E-state index in [9.17, 15) is 0 Å². The van der Waals surface area contributed by atoms with E-state index >= 15 is 0 Å². The maximum atomic E-state index is 5.55. The molecule has 0 radical (unpaired) electrons. The second-order valence-corrected chi connectivity index (χ2v) is 6.00. The lowest BCUT2D eigenvalue weighted by atomic mass is 11.3. The Kier molecular flexibility index (Phi) is 2.45. The first-order valence-corrected chi connectivity index (χ1v) is 5.48. The molecular formula is C3H11NOSi2. The molecule has 4 heteroatoms. The summed E-state index contributed by atoms with van der Waals surface area (Å²) in [5, 5.41) is 5.55. The molecule has 1 atom stereocenters. The highest BCUT2D eigenvalue weighted by atomic mass is 28.4. The molecule has 0 aromatic rings. The molecule has 0 aliphatic rings. The molecule has 2 N–H and O–H groups in total. The zero-order chi connectivity index (χ0) is 5.91. The van der Waals surface area contributed by atoms with E-state index in [4.69, 9.17) is 9.51 Å². The Morgan fingerprint density at radius 1 is 2.00 bits per heavy atom. The highest BCUT2D eigenvalue weighted by molar-refractivity contribution is 6.76. The van der Waals surface area contributed by atoms with Crippen LogP contribution in [0.15, 0.2) is 12.3 Å². The summed E-state index contributed by atoms with van der Waals surface area (Å²) >= 11 is 0. The molecule has 0 aromatic carbocycles. The highest BCUT2D eigenvalue weighted by Crippen LogP contribution is 1.90. The minimum absolute atomic E-state index is 0.722. The highest BCUT2D eigenvalue weighted by Gasteiger charge is 2.14. The summed E-state index contributed by atoms with van der Waals surface area (Å²) in [6.45, 7) is 5.45. The lowest BCUT2D eigenvalue weighted by Crippen LogP contribution is -2.42. The lowest BCUT2D eigenvalue weighted by Gasteiger charge is -2.12. The zero-order valence-electron chi connectivity index (χ0n) is 4.77. The Hall–Kier alpha value is 0.0938. The van der Waals surface area contributed by atoms with E-state index in [1.54, 1.807) is 5.70 Å². The van der Waals surface area contributed by atoms with E-state index in [2.05, 4.69) is 6.58 Å². The van der Waals surface area contributed by atoms with Crippen molar-refractivity contribution in [1.29, 1.82) is 0 Å². The summed E-state index contributed by atoms with van der Waals surface area (Å²) in [6, 6.07) is 0. The quantitative estimate of drug-likeness (QED) is 0.492. The van der Waals surface area contributed by atoms with Gasteiger partial charge in [-0.1, -0.05) is 5.70 Å². The topological polar surface area (TPSA) is 35.2 Å². The monoisotopic (exact) mass is 133 g/mol. The number of nitrogens with two attached hydrogens (primary N) is 1. The average molecular weight is 133 g/mol. The van der Waals surface area contributed by atoms with Crippen molar-refractivity contribution >= 4 is 19.0 Å². The molecule has 0 spiro atoms. The van der Waals surface area contributed by atoms with Crippen LogP contribution in [0.1, 0.15) is 0 Å². The fraction of sp³-hybridized carbons (Fsp3) is 0.333. The van der Waals surface area contributed by atoms with Crippen molar-refractivity contribution in [3.05, 3.63) is 12.3 Å². The minimum Gasteiger partial charge on any atom is -0.450 e. The summed E-state index contributed by atoms with van der Waals surface area (Å²) in [7, 11) is -1.10. The summed E-state index contributed by atoms with van der Waals surface area (Å²) in [4.78, 5) is 0. The van der Waals surface area contributed by atoms with Gasteiger partial charge >= 0.3 is 0 Å². The molecule has 7 heavy (non-hydrogen) atoms. The SMILES string of the molecule is C=C[Si](C)(N)O[SiH3]. The van der Waals surface area contributed by atoms with Gasteiger partial charge in [-0.25, -0.2) is 0 Å². The molecule has 0 aliphatic heterocycles. The van der Waals surface area contributed by atoms with Crippen molar-refractivity contribution in [2.45, 2.75) is 6.55 Å². The van der Waals surface area contributed by atoms with Crippen LogP contribution in [0.3, 0.4) is 0 Å². The van der Waals surface area contributed by atoms with Crippen LogP contribution in [-0.4, -0.2) is 19.0 Å². The predicted octanol–water partition coefficient (Wildman–Crippen LogP) is -0.961. The molecule has 42 valence electrons. The molecule has 0 fully saturated rings. The van der Waals surface area contributed by atoms with E-state index in [-0.39, 0.29) is 0 Å².